The molecule has 38 heavy (non-hydrogen) atoms. The molecular formula is C30H29F6NO. The highest BCUT2D eigenvalue weighted by atomic mass is 19.4. The van der Waals surface area contributed by atoms with Crippen molar-refractivity contribution < 1.29 is 31.1 Å². The van der Waals surface area contributed by atoms with Gasteiger partial charge in [-0.15, -0.1) is 0 Å². The third-order valence-corrected chi connectivity index (χ3v) is 7.83. The zero-order valence-corrected chi connectivity index (χ0v) is 20.7. The summed E-state index contributed by atoms with van der Waals surface area (Å²) in [4.78, 5) is 2.39. The van der Waals surface area contributed by atoms with E-state index in [2.05, 4.69) is 29.2 Å². The van der Waals surface area contributed by atoms with E-state index in [1.807, 2.05) is 36.4 Å². The lowest BCUT2D eigenvalue weighted by Gasteiger charge is -2.53. The quantitative estimate of drug-likeness (QED) is 0.288. The zero-order valence-electron chi connectivity index (χ0n) is 20.7. The van der Waals surface area contributed by atoms with E-state index < -0.39 is 23.5 Å². The fourth-order valence-corrected chi connectivity index (χ4v) is 6.05. The molecule has 202 valence electrons. The van der Waals surface area contributed by atoms with Crippen LogP contribution < -0.4 is 0 Å². The molecule has 3 aromatic carbocycles. The standard InChI is InChI=1S/C30H29F6NO/c31-29(32,33)24-15-21(16-25(18-24)30(34,35)36)19-38-28-23-11-13-37(14-12-23)27(28)26(22-9-5-2-6-10-22)17-20-7-3-1-4-8-20/h1-10,15-16,18,23,26-28H,11-14,17,19H2/t26-,27+,28+/m1/s1. The van der Waals surface area contributed by atoms with Gasteiger partial charge in [0.2, 0.25) is 0 Å². The number of rotatable bonds is 7. The molecule has 2 bridgehead atoms. The SMILES string of the molecule is FC(F)(F)c1cc(CO[C@H]2C3CCN(CC3)[C@H]2[C@H](Cc2ccccc2)c2ccccc2)cc(C(F)(F)F)c1. The summed E-state index contributed by atoms with van der Waals surface area (Å²) in [6.45, 7) is 1.48. The van der Waals surface area contributed by atoms with Crippen molar-refractivity contribution in [3.05, 3.63) is 107 Å². The third kappa shape index (κ3) is 5.91. The summed E-state index contributed by atoms with van der Waals surface area (Å²) in [5.41, 5.74) is -0.455. The van der Waals surface area contributed by atoms with E-state index in [0.29, 0.717) is 0 Å². The van der Waals surface area contributed by atoms with Gasteiger partial charge in [0.1, 0.15) is 0 Å². The van der Waals surface area contributed by atoms with Crippen molar-refractivity contribution in [3.63, 3.8) is 0 Å². The summed E-state index contributed by atoms with van der Waals surface area (Å²) in [6.07, 6.45) is -7.55. The Labute approximate surface area is 218 Å². The lowest BCUT2D eigenvalue weighted by atomic mass is 9.72. The Kier molecular flexibility index (Phi) is 7.56. The van der Waals surface area contributed by atoms with E-state index in [4.69, 9.17) is 4.74 Å². The molecule has 0 amide bonds. The largest absolute Gasteiger partial charge is 0.416 e. The Bertz CT molecular complexity index is 1170. The van der Waals surface area contributed by atoms with Crippen molar-refractivity contribution in [2.24, 2.45) is 5.92 Å². The molecule has 0 unspecified atom stereocenters. The Morgan fingerprint density at radius 2 is 1.29 bits per heavy atom. The molecule has 0 radical (unpaired) electrons. The second-order valence-electron chi connectivity index (χ2n) is 10.3. The molecule has 0 spiro atoms. The molecule has 0 saturated carbocycles. The van der Waals surface area contributed by atoms with E-state index in [9.17, 15) is 26.3 Å². The lowest BCUT2D eigenvalue weighted by molar-refractivity contribution is -0.143. The second-order valence-corrected chi connectivity index (χ2v) is 10.3. The molecule has 3 aliphatic rings. The van der Waals surface area contributed by atoms with Gasteiger partial charge >= 0.3 is 12.4 Å². The molecule has 3 heterocycles. The van der Waals surface area contributed by atoms with Gasteiger partial charge in [0.15, 0.2) is 0 Å². The summed E-state index contributed by atoms with van der Waals surface area (Å²) in [5.74, 6) is 0.249. The smallest absolute Gasteiger partial charge is 0.372 e. The van der Waals surface area contributed by atoms with Crippen molar-refractivity contribution >= 4 is 0 Å². The average molecular weight is 534 g/mol. The van der Waals surface area contributed by atoms with Crippen LogP contribution in [0.15, 0.2) is 78.9 Å². The van der Waals surface area contributed by atoms with Gasteiger partial charge in [0.25, 0.3) is 0 Å². The highest BCUT2D eigenvalue weighted by Gasteiger charge is 2.47. The van der Waals surface area contributed by atoms with Gasteiger partial charge in [-0.25, -0.2) is 0 Å². The van der Waals surface area contributed by atoms with Crippen LogP contribution in [0.1, 0.15) is 46.6 Å². The number of alkyl halides is 6. The summed E-state index contributed by atoms with van der Waals surface area (Å²) >= 11 is 0. The number of halogens is 6. The molecule has 0 aromatic heterocycles. The predicted octanol–water partition coefficient (Wildman–Crippen LogP) is 7.73. The molecule has 3 aromatic rings. The number of piperidine rings is 3. The molecule has 3 atom stereocenters. The van der Waals surface area contributed by atoms with E-state index in [-0.39, 0.29) is 42.2 Å². The minimum absolute atomic E-state index is 0.0435. The lowest BCUT2D eigenvalue weighted by Crippen LogP contribution is -2.61. The van der Waals surface area contributed by atoms with Crippen LogP contribution in [0.5, 0.6) is 0 Å². The Morgan fingerprint density at radius 3 is 1.84 bits per heavy atom. The zero-order chi connectivity index (χ0) is 26.9. The number of hydrogen-bond acceptors (Lipinski definition) is 2. The molecule has 6 rings (SSSR count). The number of hydrogen-bond donors (Lipinski definition) is 0. The van der Waals surface area contributed by atoms with E-state index >= 15 is 0 Å². The fourth-order valence-electron chi connectivity index (χ4n) is 6.05. The molecule has 2 nitrogen and oxygen atoms in total. The fraction of sp³-hybridized carbons (Fsp3) is 0.400. The molecular weight excluding hydrogens is 504 g/mol. The Hall–Kier alpha value is -2.84. The van der Waals surface area contributed by atoms with E-state index in [0.717, 1.165) is 55.6 Å². The Morgan fingerprint density at radius 1 is 0.737 bits per heavy atom. The van der Waals surface area contributed by atoms with Crippen molar-refractivity contribution in [3.8, 4) is 0 Å². The summed E-state index contributed by atoms with van der Waals surface area (Å²) in [7, 11) is 0. The van der Waals surface area contributed by atoms with Crippen LogP contribution in [-0.2, 0) is 30.1 Å². The topological polar surface area (TPSA) is 12.5 Å². The molecule has 8 heteroatoms. The van der Waals surface area contributed by atoms with Crippen LogP contribution in [-0.4, -0.2) is 30.1 Å². The first-order chi connectivity index (χ1) is 18.1. The number of ether oxygens (including phenoxy) is 1. The first-order valence-electron chi connectivity index (χ1n) is 12.8. The van der Waals surface area contributed by atoms with Crippen molar-refractivity contribution in [1.29, 1.82) is 0 Å². The maximum atomic E-state index is 13.4. The maximum absolute atomic E-state index is 13.4. The average Bonchev–Trinajstić information content (AvgIpc) is 2.91. The van der Waals surface area contributed by atoms with Crippen LogP contribution >= 0.6 is 0 Å². The van der Waals surface area contributed by atoms with Crippen LogP contribution in [0.3, 0.4) is 0 Å². The summed E-state index contributed by atoms with van der Waals surface area (Å²) in [5, 5.41) is 0. The monoisotopic (exact) mass is 533 g/mol. The maximum Gasteiger partial charge on any atom is 0.416 e. The highest BCUT2D eigenvalue weighted by Crippen LogP contribution is 2.43. The molecule has 3 fully saturated rings. The predicted molar refractivity (Wildman–Crippen MR) is 132 cm³/mol. The van der Waals surface area contributed by atoms with Crippen molar-refractivity contribution in [2.45, 2.75) is 56.3 Å². The summed E-state index contributed by atoms with van der Waals surface area (Å²) < 4.78 is 86.7. The van der Waals surface area contributed by atoms with Crippen LogP contribution in [0.2, 0.25) is 0 Å². The van der Waals surface area contributed by atoms with Gasteiger partial charge in [-0.1, -0.05) is 60.7 Å². The van der Waals surface area contributed by atoms with Crippen molar-refractivity contribution in [2.75, 3.05) is 13.1 Å². The third-order valence-electron chi connectivity index (χ3n) is 7.83. The normalized spacial score (nSPS) is 24.4. The van der Waals surface area contributed by atoms with Crippen LogP contribution in [0.4, 0.5) is 26.3 Å². The molecule has 0 N–H and O–H groups in total. The van der Waals surface area contributed by atoms with Gasteiger partial charge in [0.05, 0.1) is 23.8 Å². The molecule has 3 saturated heterocycles. The first-order valence-corrected chi connectivity index (χ1v) is 12.8. The minimum atomic E-state index is -4.89. The van der Waals surface area contributed by atoms with Gasteiger partial charge in [-0.2, -0.15) is 26.3 Å². The van der Waals surface area contributed by atoms with Gasteiger partial charge in [-0.05, 0) is 73.2 Å². The van der Waals surface area contributed by atoms with E-state index in [1.54, 1.807) is 0 Å². The van der Waals surface area contributed by atoms with Crippen LogP contribution in [0, 0.1) is 5.92 Å². The first kappa shape index (κ1) is 26.8. The minimum Gasteiger partial charge on any atom is -0.372 e. The Balaban J connectivity index is 1.46. The number of benzene rings is 3. The van der Waals surface area contributed by atoms with Crippen LogP contribution in [0.25, 0.3) is 0 Å². The molecule has 0 aliphatic carbocycles. The second kappa shape index (κ2) is 10.7. The van der Waals surface area contributed by atoms with Crippen molar-refractivity contribution in [1.82, 2.24) is 4.90 Å². The highest BCUT2D eigenvalue weighted by molar-refractivity contribution is 5.33. The van der Waals surface area contributed by atoms with E-state index in [1.165, 1.54) is 0 Å². The molecule has 3 aliphatic heterocycles. The number of fused-ring (bicyclic) bond motifs is 3. The van der Waals surface area contributed by atoms with Gasteiger partial charge in [0, 0.05) is 12.0 Å². The van der Waals surface area contributed by atoms with Gasteiger partial charge < -0.3 is 4.74 Å². The van der Waals surface area contributed by atoms with Gasteiger partial charge in [-0.3, -0.25) is 4.90 Å². The summed E-state index contributed by atoms with van der Waals surface area (Å²) in [6, 6.07) is 21.8. The number of nitrogens with zero attached hydrogens (tertiary/aromatic N) is 1.